The highest BCUT2D eigenvalue weighted by Gasteiger charge is 2.10. The Balaban J connectivity index is 2.32. The highest BCUT2D eigenvalue weighted by Crippen LogP contribution is 2.34. The first kappa shape index (κ1) is 11.4. The van der Waals surface area contributed by atoms with E-state index in [1.807, 2.05) is 36.4 Å². The second kappa shape index (κ2) is 4.02. The number of para-hydroxylation sites is 1. The van der Waals surface area contributed by atoms with E-state index in [1.54, 1.807) is 23.5 Å². The molecule has 3 aromatic carbocycles. The average molecular weight is 278 g/mol. The predicted molar refractivity (Wildman–Crippen MR) is 82.2 cm³/mol. The Labute approximate surface area is 118 Å². The molecule has 0 bridgehead atoms. The summed E-state index contributed by atoms with van der Waals surface area (Å²) in [5.41, 5.74) is 1.78. The van der Waals surface area contributed by atoms with Gasteiger partial charge in [0.25, 0.3) is 0 Å². The van der Waals surface area contributed by atoms with Crippen molar-refractivity contribution >= 4 is 42.5 Å². The molecule has 20 heavy (non-hydrogen) atoms. The minimum Gasteiger partial charge on any atom is -0.507 e. The van der Waals surface area contributed by atoms with Crippen LogP contribution in [0, 0.1) is 5.41 Å². The van der Waals surface area contributed by atoms with Gasteiger partial charge in [-0.1, -0.05) is 24.3 Å². The van der Waals surface area contributed by atoms with Crippen LogP contribution in [0.3, 0.4) is 0 Å². The molecular formula is C16H10N2OS. The fourth-order valence-corrected chi connectivity index (χ4v) is 3.52. The molecule has 0 fully saturated rings. The van der Waals surface area contributed by atoms with Crippen LogP contribution < -0.4 is 5.36 Å². The van der Waals surface area contributed by atoms with Crippen molar-refractivity contribution in [1.82, 2.24) is 4.98 Å². The summed E-state index contributed by atoms with van der Waals surface area (Å²) in [7, 11) is 0. The third kappa shape index (κ3) is 1.52. The second-order valence-electron chi connectivity index (χ2n) is 4.65. The number of phenolic OH excluding ortho intramolecular Hbond substituents is 1. The molecule has 2 N–H and O–H groups in total. The summed E-state index contributed by atoms with van der Waals surface area (Å²) in [4.78, 5) is 4.70. The number of aromatic hydroxyl groups is 1. The smallest absolute Gasteiger partial charge is 0.127 e. The van der Waals surface area contributed by atoms with Crippen LogP contribution in [-0.2, 0) is 0 Å². The van der Waals surface area contributed by atoms with E-state index in [-0.39, 0.29) is 5.75 Å². The average Bonchev–Trinajstić information content (AvgIpc) is 2.45. The second-order valence-corrected chi connectivity index (χ2v) is 5.74. The molecule has 96 valence electrons. The molecule has 4 heteroatoms. The summed E-state index contributed by atoms with van der Waals surface area (Å²) in [6, 6.07) is 15.1. The van der Waals surface area contributed by atoms with Crippen molar-refractivity contribution in [2.45, 2.75) is 0 Å². The summed E-state index contributed by atoms with van der Waals surface area (Å²) in [5.74, 6) is 0.145. The van der Waals surface area contributed by atoms with Crippen LogP contribution in [0.5, 0.6) is 5.75 Å². The van der Waals surface area contributed by atoms with Gasteiger partial charge in [-0.05, 0) is 18.2 Å². The van der Waals surface area contributed by atoms with Crippen LogP contribution in [0.15, 0.2) is 48.5 Å². The lowest BCUT2D eigenvalue weighted by Gasteiger charge is -2.06. The van der Waals surface area contributed by atoms with Crippen LogP contribution in [-0.4, -0.2) is 10.1 Å². The van der Waals surface area contributed by atoms with Crippen molar-refractivity contribution in [2.75, 3.05) is 0 Å². The van der Waals surface area contributed by atoms with Crippen LogP contribution >= 0.6 is 11.3 Å². The lowest BCUT2D eigenvalue weighted by atomic mass is 10.1. The van der Waals surface area contributed by atoms with E-state index in [2.05, 4.69) is 0 Å². The Hall–Kier alpha value is -2.46. The number of nitrogens with zero attached hydrogens (tertiary/aromatic N) is 1. The van der Waals surface area contributed by atoms with Gasteiger partial charge in [0.1, 0.15) is 5.75 Å². The Morgan fingerprint density at radius 1 is 1.00 bits per heavy atom. The van der Waals surface area contributed by atoms with Crippen molar-refractivity contribution in [1.29, 1.82) is 5.41 Å². The number of hydrogen-bond acceptors (Lipinski definition) is 4. The van der Waals surface area contributed by atoms with Gasteiger partial charge in [0.05, 0.1) is 31.2 Å². The summed E-state index contributed by atoms with van der Waals surface area (Å²) >= 11 is 1.60. The van der Waals surface area contributed by atoms with E-state index in [0.717, 1.165) is 25.8 Å². The van der Waals surface area contributed by atoms with E-state index >= 15 is 0 Å². The van der Waals surface area contributed by atoms with Gasteiger partial charge in [0.2, 0.25) is 0 Å². The minimum atomic E-state index is 0.145. The molecule has 3 nitrogen and oxygen atoms in total. The molecule has 1 aromatic heterocycles. The summed E-state index contributed by atoms with van der Waals surface area (Å²) in [5, 5.41) is 19.9. The molecule has 4 aromatic rings. The van der Waals surface area contributed by atoms with Crippen molar-refractivity contribution in [3.63, 3.8) is 0 Å². The lowest BCUT2D eigenvalue weighted by Crippen LogP contribution is -1.99. The molecule has 0 aliphatic rings. The Morgan fingerprint density at radius 2 is 1.85 bits per heavy atom. The molecule has 0 radical (unpaired) electrons. The first-order valence-electron chi connectivity index (χ1n) is 6.23. The number of benzene rings is 3. The van der Waals surface area contributed by atoms with E-state index < -0.39 is 0 Å². The molecule has 0 atom stereocenters. The van der Waals surface area contributed by atoms with Crippen LogP contribution in [0.25, 0.3) is 31.2 Å². The lowest BCUT2D eigenvalue weighted by molar-refractivity contribution is 0.482. The predicted octanol–water partition coefficient (Wildman–Crippen LogP) is 3.79. The summed E-state index contributed by atoms with van der Waals surface area (Å²) < 4.78 is 2.01. The van der Waals surface area contributed by atoms with Crippen molar-refractivity contribution in [3.05, 3.63) is 53.9 Å². The third-order valence-corrected chi connectivity index (χ3v) is 4.49. The first-order chi connectivity index (χ1) is 9.74. The highest BCUT2D eigenvalue weighted by molar-refractivity contribution is 7.24. The van der Waals surface area contributed by atoms with Gasteiger partial charge < -0.3 is 10.5 Å². The SMILES string of the molecule is N=c1cccc2c1c(O)cc1sc3ccccc3nc12. The zero-order valence-electron chi connectivity index (χ0n) is 10.4. The minimum absolute atomic E-state index is 0.145. The zero-order chi connectivity index (χ0) is 13.7. The van der Waals surface area contributed by atoms with Crippen molar-refractivity contribution in [3.8, 4) is 5.75 Å². The molecule has 0 unspecified atom stereocenters. The standard InChI is InChI=1S/C16H10N2OS/c17-10-5-3-4-9-15(10)12(19)8-14-16(9)18-11-6-1-2-7-13(11)20-14/h1-8,17,19H. The van der Waals surface area contributed by atoms with Crippen molar-refractivity contribution < 1.29 is 5.11 Å². The fourth-order valence-electron chi connectivity index (χ4n) is 2.49. The maximum atomic E-state index is 10.2. The molecule has 0 saturated heterocycles. The molecular weight excluding hydrogens is 268 g/mol. The quantitative estimate of drug-likeness (QED) is 0.380. The molecule has 0 aliphatic heterocycles. The van der Waals surface area contributed by atoms with E-state index in [1.165, 1.54) is 0 Å². The van der Waals surface area contributed by atoms with E-state index in [0.29, 0.717) is 10.7 Å². The normalized spacial score (nSPS) is 11.4. The monoisotopic (exact) mass is 278 g/mol. The molecule has 4 rings (SSSR count). The van der Waals surface area contributed by atoms with Gasteiger partial charge in [0, 0.05) is 11.5 Å². The Kier molecular flexibility index (Phi) is 2.28. The molecule has 0 aliphatic carbocycles. The number of rotatable bonds is 0. The van der Waals surface area contributed by atoms with Gasteiger partial charge in [0.15, 0.2) is 0 Å². The highest BCUT2D eigenvalue weighted by atomic mass is 32.1. The maximum absolute atomic E-state index is 10.2. The summed E-state index contributed by atoms with van der Waals surface area (Å²) in [6.07, 6.45) is 0. The van der Waals surface area contributed by atoms with E-state index in [9.17, 15) is 5.11 Å². The van der Waals surface area contributed by atoms with E-state index in [4.69, 9.17) is 10.4 Å². The summed E-state index contributed by atoms with van der Waals surface area (Å²) in [6.45, 7) is 0. The van der Waals surface area contributed by atoms with Crippen LogP contribution in [0.2, 0.25) is 0 Å². The number of nitrogens with one attached hydrogen (secondary N) is 1. The number of fused-ring (bicyclic) bond motifs is 4. The van der Waals surface area contributed by atoms with Gasteiger partial charge in [-0.3, -0.25) is 0 Å². The third-order valence-electron chi connectivity index (χ3n) is 3.39. The van der Waals surface area contributed by atoms with Gasteiger partial charge in [-0.2, -0.15) is 0 Å². The topological polar surface area (TPSA) is 57.0 Å². The van der Waals surface area contributed by atoms with Crippen LogP contribution in [0.1, 0.15) is 0 Å². The molecule has 0 saturated carbocycles. The van der Waals surface area contributed by atoms with Gasteiger partial charge >= 0.3 is 0 Å². The molecule has 0 spiro atoms. The zero-order valence-corrected chi connectivity index (χ0v) is 11.2. The first-order valence-corrected chi connectivity index (χ1v) is 7.04. The Morgan fingerprint density at radius 3 is 2.75 bits per heavy atom. The van der Waals surface area contributed by atoms with Gasteiger partial charge in [-0.15, -0.1) is 11.3 Å². The number of phenols is 1. The van der Waals surface area contributed by atoms with Crippen molar-refractivity contribution in [2.24, 2.45) is 0 Å². The fraction of sp³-hybridized carbons (Fsp3) is 0. The Bertz CT molecular complexity index is 1040. The molecule has 0 amide bonds. The van der Waals surface area contributed by atoms with Crippen LogP contribution in [0.4, 0.5) is 0 Å². The molecule has 1 heterocycles. The largest absolute Gasteiger partial charge is 0.507 e. The van der Waals surface area contributed by atoms with Gasteiger partial charge in [-0.25, -0.2) is 4.98 Å². The maximum Gasteiger partial charge on any atom is 0.127 e. The number of aromatic nitrogens is 1. The number of hydrogen-bond donors (Lipinski definition) is 2.